The average Bonchev–Trinajstić information content (AvgIpc) is 1.97. The summed E-state index contributed by atoms with van der Waals surface area (Å²) in [5, 5.41) is 9.47. The number of hydrogen-bond donors (Lipinski definition) is 1. The van der Waals surface area contributed by atoms with Crippen molar-refractivity contribution in [2.24, 2.45) is 0 Å². The van der Waals surface area contributed by atoms with Gasteiger partial charge in [-0.15, -0.1) is 6.42 Å². The van der Waals surface area contributed by atoms with Crippen LogP contribution in [-0.4, -0.2) is 16.4 Å². The molecule has 0 saturated heterocycles. The Labute approximate surface area is 66.6 Å². The molecule has 11 heavy (non-hydrogen) atoms. The van der Waals surface area contributed by atoms with E-state index >= 15 is 0 Å². The minimum atomic E-state index is -1.46. The van der Waals surface area contributed by atoms with Gasteiger partial charge in [0.05, 0.1) is 5.60 Å². The molecule has 0 atom stereocenters. The molecule has 0 heterocycles. The molecular formula is C9H13FO. The van der Waals surface area contributed by atoms with Gasteiger partial charge in [0.2, 0.25) is 0 Å². The first-order valence-corrected chi connectivity index (χ1v) is 3.87. The molecule has 0 aromatic heterocycles. The number of rotatable bonds is 0. The Morgan fingerprint density at radius 3 is 2.18 bits per heavy atom. The first kappa shape index (κ1) is 8.55. The lowest BCUT2D eigenvalue weighted by Crippen LogP contribution is -2.37. The molecule has 0 amide bonds. The lowest BCUT2D eigenvalue weighted by atomic mass is 9.78. The monoisotopic (exact) mass is 156 g/mol. The van der Waals surface area contributed by atoms with Gasteiger partial charge in [-0.1, -0.05) is 5.92 Å². The van der Waals surface area contributed by atoms with Crippen LogP contribution in [0.1, 0.15) is 32.6 Å². The molecule has 1 saturated carbocycles. The molecule has 1 rings (SSSR count). The van der Waals surface area contributed by atoms with E-state index in [1.165, 1.54) is 0 Å². The fourth-order valence-electron chi connectivity index (χ4n) is 1.33. The maximum absolute atomic E-state index is 13.3. The third-order valence-corrected chi connectivity index (χ3v) is 2.38. The molecule has 0 aromatic rings. The Morgan fingerprint density at radius 1 is 1.36 bits per heavy atom. The van der Waals surface area contributed by atoms with Crippen molar-refractivity contribution in [3.05, 3.63) is 0 Å². The van der Waals surface area contributed by atoms with E-state index in [-0.39, 0.29) is 12.8 Å². The zero-order valence-corrected chi connectivity index (χ0v) is 6.73. The summed E-state index contributed by atoms with van der Waals surface area (Å²) in [5.74, 6) is 2.14. The SMILES string of the molecule is C#CC1(F)CCC(C)(O)CC1. The first-order chi connectivity index (χ1) is 4.97. The van der Waals surface area contributed by atoms with Gasteiger partial charge in [-0.05, 0) is 32.6 Å². The summed E-state index contributed by atoms with van der Waals surface area (Å²) in [5.41, 5.74) is -2.16. The third kappa shape index (κ3) is 1.94. The van der Waals surface area contributed by atoms with Crippen LogP contribution in [0, 0.1) is 12.3 Å². The molecule has 1 N–H and O–H groups in total. The van der Waals surface area contributed by atoms with Crippen LogP contribution in [0.5, 0.6) is 0 Å². The van der Waals surface area contributed by atoms with Gasteiger partial charge in [0.15, 0.2) is 5.67 Å². The normalized spacial score (nSPS) is 44.9. The molecule has 62 valence electrons. The maximum atomic E-state index is 13.3. The molecule has 1 nitrogen and oxygen atoms in total. The Bertz CT molecular complexity index is 180. The van der Waals surface area contributed by atoms with Crippen molar-refractivity contribution in [3.8, 4) is 12.3 Å². The van der Waals surface area contributed by atoms with E-state index in [0.717, 1.165) is 0 Å². The Hall–Kier alpha value is -0.550. The van der Waals surface area contributed by atoms with Gasteiger partial charge in [0.25, 0.3) is 0 Å². The molecule has 1 fully saturated rings. The van der Waals surface area contributed by atoms with Crippen LogP contribution in [-0.2, 0) is 0 Å². The van der Waals surface area contributed by atoms with Crippen molar-refractivity contribution in [1.29, 1.82) is 0 Å². The van der Waals surface area contributed by atoms with Gasteiger partial charge in [-0.25, -0.2) is 4.39 Å². The van der Waals surface area contributed by atoms with E-state index in [1.807, 2.05) is 0 Å². The topological polar surface area (TPSA) is 20.2 Å². The van der Waals surface area contributed by atoms with Gasteiger partial charge < -0.3 is 5.11 Å². The molecule has 0 bridgehead atoms. The van der Waals surface area contributed by atoms with Crippen LogP contribution < -0.4 is 0 Å². The van der Waals surface area contributed by atoms with E-state index in [0.29, 0.717) is 12.8 Å². The summed E-state index contributed by atoms with van der Waals surface area (Å²) in [6.45, 7) is 1.73. The predicted molar refractivity (Wildman–Crippen MR) is 41.8 cm³/mol. The summed E-state index contributed by atoms with van der Waals surface area (Å²) >= 11 is 0. The van der Waals surface area contributed by atoms with E-state index < -0.39 is 11.3 Å². The van der Waals surface area contributed by atoms with Crippen LogP contribution in [0.25, 0.3) is 0 Å². The van der Waals surface area contributed by atoms with Crippen molar-refractivity contribution in [2.45, 2.75) is 43.9 Å². The van der Waals surface area contributed by atoms with Gasteiger partial charge >= 0.3 is 0 Å². The Kier molecular flexibility index (Phi) is 1.94. The van der Waals surface area contributed by atoms with Crippen LogP contribution in [0.4, 0.5) is 4.39 Å². The second-order valence-electron chi connectivity index (χ2n) is 3.61. The summed E-state index contributed by atoms with van der Waals surface area (Å²) < 4.78 is 13.3. The summed E-state index contributed by atoms with van der Waals surface area (Å²) in [6, 6.07) is 0. The van der Waals surface area contributed by atoms with Gasteiger partial charge in [-0.3, -0.25) is 0 Å². The van der Waals surface area contributed by atoms with Crippen molar-refractivity contribution < 1.29 is 9.50 Å². The maximum Gasteiger partial charge on any atom is 0.170 e. The Morgan fingerprint density at radius 2 is 1.82 bits per heavy atom. The molecule has 0 unspecified atom stereocenters. The molecule has 0 spiro atoms. The van der Waals surface area contributed by atoms with Gasteiger partial charge in [0.1, 0.15) is 0 Å². The van der Waals surface area contributed by atoms with Gasteiger partial charge in [-0.2, -0.15) is 0 Å². The fraction of sp³-hybridized carbons (Fsp3) is 0.778. The number of alkyl halides is 1. The molecule has 2 heteroatoms. The number of aliphatic hydroxyl groups is 1. The average molecular weight is 156 g/mol. The van der Waals surface area contributed by atoms with Crippen LogP contribution >= 0.6 is 0 Å². The molecular weight excluding hydrogens is 143 g/mol. The molecule has 1 aliphatic carbocycles. The zero-order valence-electron chi connectivity index (χ0n) is 6.73. The highest BCUT2D eigenvalue weighted by Crippen LogP contribution is 2.36. The quantitative estimate of drug-likeness (QED) is 0.529. The summed E-state index contributed by atoms with van der Waals surface area (Å²) in [6.07, 6.45) is 6.53. The van der Waals surface area contributed by atoms with Crippen molar-refractivity contribution in [2.75, 3.05) is 0 Å². The first-order valence-electron chi connectivity index (χ1n) is 3.87. The Balaban J connectivity index is 2.56. The van der Waals surface area contributed by atoms with E-state index in [2.05, 4.69) is 5.92 Å². The standard InChI is InChI=1S/C9H13FO/c1-3-9(10)6-4-8(2,11)5-7-9/h1,11H,4-7H2,2H3. The van der Waals surface area contributed by atoms with Crippen LogP contribution in [0.3, 0.4) is 0 Å². The largest absolute Gasteiger partial charge is 0.390 e. The van der Waals surface area contributed by atoms with E-state index in [1.54, 1.807) is 6.92 Å². The smallest absolute Gasteiger partial charge is 0.170 e. The second kappa shape index (κ2) is 2.49. The fourth-order valence-corrected chi connectivity index (χ4v) is 1.33. The highest BCUT2D eigenvalue weighted by molar-refractivity contribution is 5.10. The number of terminal acetylenes is 1. The number of halogens is 1. The number of hydrogen-bond acceptors (Lipinski definition) is 1. The molecule has 0 radical (unpaired) electrons. The van der Waals surface area contributed by atoms with Crippen LogP contribution in [0.15, 0.2) is 0 Å². The van der Waals surface area contributed by atoms with Crippen LogP contribution in [0.2, 0.25) is 0 Å². The molecule has 0 aliphatic heterocycles. The highest BCUT2D eigenvalue weighted by Gasteiger charge is 2.38. The second-order valence-corrected chi connectivity index (χ2v) is 3.61. The zero-order chi connectivity index (χ0) is 8.54. The van der Waals surface area contributed by atoms with Crippen molar-refractivity contribution >= 4 is 0 Å². The van der Waals surface area contributed by atoms with Crippen molar-refractivity contribution in [3.63, 3.8) is 0 Å². The lowest BCUT2D eigenvalue weighted by molar-refractivity contribution is -0.0144. The van der Waals surface area contributed by atoms with Crippen molar-refractivity contribution in [1.82, 2.24) is 0 Å². The lowest BCUT2D eigenvalue weighted by Gasteiger charge is -2.34. The summed E-state index contributed by atoms with van der Waals surface area (Å²) in [7, 11) is 0. The van der Waals surface area contributed by atoms with Gasteiger partial charge in [0, 0.05) is 0 Å². The molecule has 1 aliphatic rings. The summed E-state index contributed by atoms with van der Waals surface area (Å²) in [4.78, 5) is 0. The predicted octanol–water partition coefficient (Wildman–Crippen LogP) is 1.65. The van der Waals surface area contributed by atoms with E-state index in [9.17, 15) is 9.50 Å². The van der Waals surface area contributed by atoms with E-state index in [4.69, 9.17) is 6.42 Å². The molecule has 0 aromatic carbocycles. The minimum absolute atomic E-state index is 0.288. The minimum Gasteiger partial charge on any atom is -0.390 e. The third-order valence-electron chi connectivity index (χ3n) is 2.38. The highest BCUT2D eigenvalue weighted by atomic mass is 19.1.